The smallest absolute Gasteiger partial charge is 0.258 e. The lowest BCUT2D eigenvalue weighted by atomic mass is 10.2. The number of hydrogen-bond acceptors (Lipinski definition) is 4. The number of fused-ring (bicyclic) bond motifs is 1. The van der Waals surface area contributed by atoms with Crippen LogP contribution >= 0.6 is 11.8 Å². The number of nitrogens with zero attached hydrogens (tertiary/aromatic N) is 1. The fourth-order valence-electron chi connectivity index (χ4n) is 2.63. The molecule has 1 amide bonds. The van der Waals surface area contributed by atoms with Gasteiger partial charge in [-0.05, 0) is 36.9 Å². The van der Waals surface area contributed by atoms with Crippen LogP contribution in [0.1, 0.15) is 18.7 Å². The quantitative estimate of drug-likeness (QED) is 0.664. The van der Waals surface area contributed by atoms with E-state index in [0.29, 0.717) is 36.0 Å². The molecule has 1 heterocycles. The van der Waals surface area contributed by atoms with E-state index in [2.05, 4.69) is 15.3 Å². The summed E-state index contributed by atoms with van der Waals surface area (Å²) in [5.74, 6) is 0.575. The van der Waals surface area contributed by atoms with Gasteiger partial charge in [0.15, 0.2) is 0 Å². The van der Waals surface area contributed by atoms with Gasteiger partial charge in [0, 0.05) is 17.7 Å². The highest BCUT2D eigenvalue weighted by molar-refractivity contribution is 7.98. The number of benzene rings is 2. The summed E-state index contributed by atoms with van der Waals surface area (Å²) in [5, 5.41) is 3.52. The van der Waals surface area contributed by atoms with Gasteiger partial charge in [0.1, 0.15) is 5.82 Å². The van der Waals surface area contributed by atoms with Gasteiger partial charge < -0.3 is 10.3 Å². The van der Waals surface area contributed by atoms with Crippen LogP contribution in [-0.4, -0.2) is 22.1 Å². The summed E-state index contributed by atoms with van der Waals surface area (Å²) >= 11 is 1.60. The highest BCUT2D eigenvalue weighted by atomic mass is 32.2. The maximum Gasteiger partial charge on any atom is 0.258 e. The van der Waals surface area contributed by atoms with Gasteiger partial charge in [0.05, 0.1) is 16.6 Å². The second-order valence-corrected chi connectivity index (χ2v) is 6.48. The highest BCUT2D eigenvalue weighted by Crippen LogP contribution is 2.24. The predicted octanol–water partition coefficient (Wildman–Crippen LogP) is 3.61. The van der Waals surface area contributed by atoms with E-state index in [9.17, 15) is 9.59 Å². The summed E-state index contributed by atoms with van der Waals surface area (Å²) in [4.78, 5) is 32.5. The molecule has 0 radical (unpaired) electrons. The standard InChI is InChI=1S/C19H19N3O2S/c1-25-16-10-5-4-9-15(16)21-18(23)12-6-11-17-20-14-8-3-2-7-13(14)19(24)22-17/h2-5,7-10H,6,11-12H2,1H3,(H,21,23)(H,20,22,24). The maximum absolute atomic E-state index is 12.1. The van der Waals surface area contributed by atoms with Gasteiger partial charge in [0.2, 0.25) is 5.91 Å². The van der Waals surface area contributed by atoms with E-state index in [1.807, 2.05) is 48.7 Å². The molecule has 2 aromatic carbocycles. The first-order valence-electron chi connectivity index (χ1n) is 8.08. The van der Waals surface area contributed by atoms with E-state index in [4.69, 9.17) is 0 Å². The fourth-order valence-corrected chi connectivity index (χ4v) is 3.18. The molecule has 6 heteroatoms. The Balaban J connectivity index is 1.59. The molecule has 5 nitrogen and oxygen atoms in total. The number of carbonyl (C=O) groups excluding carboxylic acids is 1. The summed E-state index contributed by atoms with van der Waals surface area (Å²) in [6.07, 6.45) is 3.53. The molecule has 0 bridgehead atoms. The largest absolute Gasteiger partial charge is 0.325 e. The third kappa shape index (κ3) is 4.28. The Hall–Kier alpha value is -2.60. The van der Waals surface area contributed by atoms with Gasteiger partial charge >= 0.3 is 0 Å². The lowest BCUT2D eigenvalue weighted by Crippen LogP contribution is -2.14. The molecule has 0 unspecified atom stereocenters. The molecule has 128 valence electrons. The van der Waals surface area contributed by atoms with Crippen LogP contribution in [0.3, 0.4) is 0 Å². The van der Waals surface area contributed by atoms with Crippen molar-refractivity contribution in [3.05, 3.63) is 64.7 Å². The molecule has 0 aliphatic rings. The van der Waals surface area contributed by atoms with Crippen molar-refractivity contribution in [2.75, 3.05) is 11.6 Å². The van der Waals surface area contributed by atoms with Gasteiger partial charge in [-0.1, -0.05) is 24.3 Å². The van der Waals surface area contributed by atoms with Gasteiger partial charge in [-0.2, -0.15) is 0 Å². The molecule has 3 rings (SSSR count). The average molecular weight is 353 g/mol. The minimum atomic E-state index is -0.140. The fraction of sp³-hybridized carbons (Fsp3) is 0.211. The van der Waals surface area contributed by atoms with E-state index in [0.717, 1.165) is 10.6 Å². The molecule has 25 heavy (non-hydrogen) atoms. The number of aromatic amines is 1. The molecular formula is C19H19N3O2S. The highest BCUT2D eigenvalue weighted by Gasteiger charge is 2.08. The predicted molar refractivity (Wildman–Crippen MR) is 102 cm³/mol. The third-order valence-electron chi connectivity index (χ3n) is 3.86. The number of rotatable bonds is 6. The van der Waals surface area contributed by atoms with Crippen LogP contribution in [0.2, 0.25) is 0 Å². The van der Waals surface area contributed by atoms with E-state index in [-0.39, 0.29) is 11.5 Å². The Kier molecular flexibility index (Phi) is 5.50. The van der Waals surface area contributed by atoms with Crippen molar-refractivity contribution in [1.29, 1.82) is 0 Å². The Morgan fingerprint density at radius 2 is 1.92 bits per heavy atom. The molecule has 0 aliphatic carbocycles. The monoisotopic (exact) mass is 353 g/mol. The Morgan fingerprint density at radius 1 is 1.16 bits per heavy atom. The van der Waals surface area contributed by atoms with Gasteiger partial charge in [-0.15, -0.1) is 11.8 Å². The zero-order valence-corrected chi connectivity index (χ0v) is 14.7. The van der Waals surface area contributed by atoms with Crippen molar-refractivity contribution >= 4 is 34.3 Å². The summed E-state index contributed by atoms with van der Waals surface area (Å²) in [6, 6.07) is 15.0. The molecule has 0 spiro atoms. The van der Waals surface area contributed by atoms with E-state index in [1.54, 1.807) is 17.8 Å². The number of thioether (sulfide) groups is 1. The van der Waals surface area contributed by atoms with Gasteiger partial charge in [-0.3, -0.25) is 9.59 Å². The lowest BCUT2D eigenvalue weighted by molar-refractivity contribution is -0.116. The van der Waals surface area contributed by atoms with Crippen LogP contribution in [0.5, 0.6) is 0 Å². The topological polar surface area (TPSA) is 74.8 Å². The first kappa shape index (κ1) is 17.2. The van der Waals surface area contributed by atoms with Crippen molar-refractivity contribution < 1.29 is 4.79 Å². The van der Waals surface area contributed by atoms with Crippen molar-refractivity contribution in [1.82, 2.24) is 9.97 Å². The molecule has 2 N–H and O–H groups in total. The zero-order chi connectivity index (χ0) is 17.6. The van der Waals surface area contributed by atoms with Crippen LogP contribution < -0.4 is 10.9 Å². The minimum Gasteiger partial charge on any atom is -0.325 e. The third-order valence-corrected chi connectivity index (χ3v) is 4.66. The van der Waals surface area contributed by atoms with Crippen molar-refractivity contribution in [2.45, 2.75) is 24.2 Å². The number of amides is 1. The van der Waals surface area contributed by atoms with Crippen LogP contribution in [0.4, 0.5) is 5.69 Å². The number of anilines is 1. The molecule has 0 saturated heterocycles. The second kappa shape index (κ2) is 7.98. The Morgan fingerprint density at radius 3 is 2.76 bits per heavy atom. The van der Waals surface area contributed by atoms with Crippen LogP contribution in [-0.2, 0) is 11.2 Å². The first-order chi connectivity index (χ1) is 12.2. The number of nitrogens with one attached hydrogen (secondary N) is 2. The normalized spacial score (nSPS) is 10.8. The molecule has 0 saturated carbocycles. The van der Waals surface area contributed by atoms with Crippen molar-refractivity contribution in [2.24, 2.45) is 0 Å². The SMILES string of the molecule is CSc1ccccc1NC(=O)CCCc1nc2ccccc2c(=O)[nH]1. The number of hydrogen-bond donors (Lipinski definition) is 2. The van der Waals surface area contributed by atoms with Crippen molar-refractivity contribution in [3.63, 3.8) is 0 Å². The van der Waals surface area contributed by atoms with Gasteiger partial charge in [0.25, 0.3) is 5.56 Å². The molecule has 3 aromatic rings. The summed E-state index contributed by atoms with van der Waals surface area (Å²) in [7, 11) is 0. The number of aryl methyl sites for hydroxylation is 1. The maximum atomic E-state index is 12.1. The number of para-hydroxylation sites is 2. The second-order valence-electron chi connectivity index (χ2n) is 5.63. The summed E-state index contributed by atoms with van der Waals surface area (Å²) in [5.41, 5.74) is 1.37. The van der Waals surface area contributed by atoms with Crippen LogP contribution in [0, 0.1) is 0 Å². The molecule has 0 fully saturated rings. The van der Waals surface area contributed by atoms with Gasteiger partial charge in [-0.25, -0.2) is 4.98 Å². The minimum absolute atomic E-state index is 0.0374. The number of aromatic nitrogens is 2. The zero-order valence-electron chi connectivity index (χ0n) is 13.9. The molecular weight excluding hydrogens is 334 g/mol. The molecule has 0 atom stereocenters. The van der Waals surface area contributed by atoms with Crippen LogP contribution in [0.25, 0.3) is 10.9 Å². The molecule has 0 aliphatic heterocycles. The van der Waals surface area contributed by atoms with E-state index >= 15 is 0 Å². The molecule has 1 aromatic heterocycles. The van der Waals surface area contributed by atoms with E-state index in [1.165, 1.54) is 0 Å². The van der Waals surface area contributed by atoms with Crippen molar-refractivity contribution in [3.8, 4) is 0 Å². The Labute approximate surface area is 149 Å². The average Bonchev–Trinajstić information content (AvgIpc) is 2.62. The summed E-state index contributed by atoms with van der Waals surface area (Å²) < 4.78 is 0. The van der Waals surface area contributed by atoms with Crippen LogP contribution in [0.15, 0.2) is 58.2 Å². The van der Waals surface area contributed by atoms with E-state index < -0.39 is 0 Å². The number of H-pyrrole nitrogens is 1. The number of carbonyl (C=O) groups is 1. The Bertz CT molecular complexity index is 953. The first-order valence-corrected chi connectivity index (χ1v) is 9.30. The lowest BCUT2D eigenvalue weighted by Gasteiger charge is -2.09. The summed E-state index contributed by atoms with van der Waals surface area (Å²) in [6.45, 7) is 0.